The van der Waals surface area contributed by atoms with E-state index in [1.807, 2.05) is 11.3 Å². The molecular weight excluding hydrogens is 268 g/mol. The zero-order valence-electron chi connectivity index (χ0n) is 13.9. The lowest BCUT2D eigenvalue weighted by molar-refractivity contribution is -0.0219. The fraction of sp³-hybridized carbons (Fsp3) is 0.812. The summed E-state index contributed by atoms with van der Waals surface area (Å²) in [5.41, 5.74) is 1.02. The topological polar surface area (TPSA) is 34.1 Å². The SMILES string of the molecule is CCc1nc(C(CC)(CC)OC)sc1CNCC(C)C. The van der Waals surface area contributed by atoms with Gasteiger partial charge in [0.2, 0.25) is 0 Å². The third kappa shape index (κ3) is 4.03. The van der Waals surface area contributed by atoms with Crippen LogP contribution in [0.15, 0.2) is 0 Å². The van der Waals surface area contributed by atoms with Crippen LogP contribution in [-0.4, -0.2) is 18.6 Å². The van der Waals surface area contributed by atoms with E-state index < -0.39 is 0 Å². The van der Waals surface area contributed by atoms with Crippen LogP contribution in [0.1, 0.15) is 63.0 Å². The second kappa shape index (κ2) is 8.11. The molecule has 116 valence electrons. The van der Waals surface area contributed by atoms with Crippen molar-refractivity contribution in [2.45, 2.75) is 66.0 Å². The number of hydrogen-bond donors (Lipinski definition) is 1. The van der Waals surface area contributed by atoms with Crippen molar-refractivity contribution < 1.29 is 4.74 Å². The highest BCUT2D eigenvalue weighted by molar-refractivity contribution is 7.11. The van der Waals surface area contributed by atoms with Crippen molar-refractivity contribution in [1.82, 2.24) is 10.3 Å². The zero-order valence-corrected chi connectivity index (χ0v) is 14.7. The maximum atomic E-state index is 5.81. The highest BCUT2D eigenvalue weighted by atomic mass is 32.1. The van der Waals surface area contributed by atoms with Gasteiger partial charge in [0.1, 0.15) is 10.6 Å². The standard InChI is InChI=1S/C16H30N2OS/c1-7-13-14(11-17-10-12(4)5)20-15(18-13)16(8-2,9-3)19-6/h12,17H,7-11H2,1-6H3. The summed E-state index contributed by atoms with van der Waals surface area (Å²) in [7, 11) is 1.80. The fourth-order valence-corrected chi connectivity index (χ4v) is 3.82. The molecule has 0 radical (unpaired) electrons. The van der Waals surface area contributed by atoms with Crippen LogP contribution in [0, 0.1) is 5.92 Å². The second-order valence-corrected chi connectivity index (χ2v) is 6.76. The first-order valence-corrected chi connectivity index (χ1v) is 8.59. The summed E-state index contributed by atoms with van der Waals surface area (Å²) in [5.74, 6) is 0.678. The van der Waals surface area contributed by atoms with Crippen LogP contribution < -0.4 is 5.32 Å². The summed E-state index contributed by atoms with van der Waals surface area (Å²) in [6.45, 7) is 13.0. The van der Waals surface area contributed by atoms with E-state index in [2.05, 4.69) is 39.9 Å². The second-order valence-electron chi connectivity index (χ2n) is 5.67. The molecule has 0 saturated heterocycles. The molecule has 1 heterocycles. The van der Waals surface area contributed by atoms with Crippen molar-refractivity contribution in [3.63, 3.8) is 0 Å². The summed E-state index contributed by atoms with van der Waals surface area (Å²) in [6, 6.07) is 0. The molecule has 0 bridgehead atoms. The fourth-order valence-electron chi connectivity index (χ4n) is 2.40. The average molecular weight is 298 g/mol. The Hall–Kier alpha value is -0.450. The lowest BCUT2D eigenvalue weighted by atomic mass is 9.98. The molecule has 0 unspecified atom stereocenters. The predicted molar refractivity (Wildman–Crippen MR) is 87.3 cm³/mol. The first-order chi connectivity index (χ1) is 9.52. The van der Waals surface area contributed by atoms with Crippen molar-refractivity contribution in [3.8, 4) is 0 Å². The van der Waals surface area contributed by atoms with Gasteiger partial charge in [0.05, 0.1) is 5.69 Å². The lowest BCUT2D eigenvalue weighted by Crippen LogP contribution is -2.26. The summed E-state index contributed by atoms with van der Waals surface area (Å²) in [4.78, 5) is 6.23. The summed E-state index contributed by atoms with van der Waals surface area (Å²) >= 11 is 1.82. The van der Waals surface area contributed by atoms with E-state index in [1.54, 1.807) is 7.11 Å². The number of ether oxygens (including phenoxy) is 1. The van der Waals surface area contributed by atoms with E-state index >= 15 is 0 Å². The Morgan fingerprint density at radius 2 is 1.90 bits per heavy atom. The van der Waals surface area contributed by atoms with Crippen molar-refractivity contribution in [1.29, 1.82) is 0 Å². The molecule has 0 atom stereocenters. The van der Waals surface area contributed by atoms with Gasteiger partial charge in [-0.3, -0.25) is 0 Å². The van der Waals surface area contributed by atoms with Crippen LogP contribution in [0.5, 0.6) is 0 Å². The first-order valence-electron chi connectivity index (χ1n) is 7.77. The molecule has 0 aliphatic rings. The minimum Gasteiger partial charge on any atom is -0.371 e. The van der Waals surface area contributed by atoms with Crippen LogP contribution in [-0.2, 0) is 23.3 Å². The molecule has 0 aliphatic carbocycles. The largest absolute Gasteiger partial charge is 0.371 e. The van der Waals surface area contributed by atoms with E-state index in [0.29, 0.717) is 5.92 Å². The average Bonchev–Trinajstić information content (AvgIpc) is 2.85. The molecule has 0 aromatic carbocycles. The van der Waals surface area contributed by atoms with Crippen molar-refractivity contribution in [2.75, 3.05) is 13.7 Å². The van der Waals surface area contributed by atoms with Gasteiger partial charge in [-0.15, -0.1) is 11.3 Å². The summed E-state index contributed by atoms with van der Waals surface area (Å²) in [5, 5.41) is 4.67. The van der Waals surface area contributed by atoms with Gasteiger partial charge in [0.25, 0.3) is 0 Å². The van der Waals surface area contributed by atoms with Crippen LogP contribution in [0.3, 0.4) is 0 Å². The first kappa shape index (κ1) is 17.6. The minimum atomic E-state index is -0.203. The van der Waals surface area contributed by atoms with Crippen LogP contribution in [0.2, 0.25) is 0 Å². The Bertz CT molecular complexity index is 389. The molecule has 4 heteroatoms. The molecule has 1 aromatic rings. The van der Waals surface area contributed by atoms with Crippen molar-refractivity contribution in [3.05, 3.63) is 15.6 Å². The van der Waals surface area contributed by atoms with Gasteiger partial charge < -0.3 is 10.1 Å². The Labute approximate surface area is 128 Å². The Morgan fingerprint density at radius 3 is 2.35 bits per heavy atom. The number of rotatable bonds is 9. The third-order valence-corrected chi connectivity index (χ3v) is 5.16. The molecular formula is C16H30N2OS. The zero-order chi connectivity index (χ0) is 15.2. The number of aryl methyl sites for hydroxylation is 1. The Kier molecular flexibility index (Phi) is 7.13. The molecule has 3 nitrogen and oxygen atoms in total. The molecule has 0 amide bonds. The van der Waals surface area contributed by atoms with Gasteiger partial charge in [-0.25, -0.2) is 4.98 Å². The van der Waals surface area contributed by atoms with E-state index in [-0.39, 0.29) is 5.60 Å². The molecule has 0 fully saturated rings. The van der Waals surface area contributed by atoms with Gasteiger partial charge in [-0.1, -0.05) is 34.6 Å². The quantitative estimate of drug-likeness (QED) is 0.745. The molecule has 1 N–H and O–H groups in total. The predicted octanol–water partition coefficient (Wildman–Crippen LogP) is 4.11. The number of nitrogens with zero attached hydrogens (tertiary/aromatic N) is 1. The number of nitrogens with one attached hydrogen (secondary N) is 1. The van der Waals surface area contributed by atoms with E-state index in [4.69, 9.17) is 9.72 Å². The Balaban J connectivity index is 2.92. The molecule has 0 spiro atoms. The molecule has 20 heavy (non-hydrogen) atoms. The third-order valence-electron chi connectivity index (χ3n) is 3.87. The van der Waals surface area contributed by atoms with Gasteiger partial charge in [-0.2, -0.15) is 0 Å². The lowest BCUT2D eigenvalue weighted by Gasteiger charge is -2.27. The molecule has 1 aromatic heterocycles. The van der Waals surface area contributed by atoms with E-state index in [0.717, 1.165) is 37.4 Å². The number of hydrogen-bond acceptors (Lipinski definition) is 4. The van der Waals surface area contributed by atoms with Crippen LogP contribution >= 0.6 is 11.3 Å². The maximum absolute atomic E-state index is 5.81. The molecule has 0 saturated carbocycles. The van der Waals surface area contributed by atoms with Crippen molar-refractivity contribution in [2.24, 2.45) is 5.92 Å². The van der Waals surface area contributed by atoms with Gasteiger partial charge in [0, 0.05) is 18.5 Å². The van der Waals surface area contributed by atoms with Gasteiger partial charge in [-0.05, 0) is 31.7 Å². The number of aromatic nitrogens is 1. The molecule has 0 aliphatic heterocycles. The summed E-state index contributed by atoms with van der Waals surface area (Å²) in [6.07, 6.45) is 2.92. The van der Waals surface area contributed by atoms with Gasteiger partial charge >= 0.3 is 0 Å². The monoisotopic (exact) mass is 298 g/mol. The normalized spacial score (nSPS) is 12.3. The van der Waals surface area contributed by atoms with Crippen LogP contribution in [0.4, 0.5) is 0 Å². The highest BCUT2D eigenvalue weighted by Crippen LogP contribution is 2.36. The van der Waals surface area contributed by atoms with E-state index in [9.17, 15) is 0 Å². The smallest absolute Gasteiger partial charge is 0.125 e. The van der Waals surface area contributed by atoms with Crippen LogP contribution in [0.25, 0.3) is 0 Å². The number of thiazole rings is 1. The Morgan fingerprint density at radius 1 is 1.25 bits per heavy atom. The summed E-state index contributed by atoms with van der Waals surface area (Å²) < 4.78 is 5.81. The van der Waals surface area contributed by atoms with Crippen molar-refractivity contribution >= 4 is 11.3 Å². The maximum Gasteiger partial charge on any atom is 0.125 e. The number of methoxy groups -OCH3 is 1. The highest BCUT2D eigenvalue weighted by Gasteiger charge is 2.32. The molecule has 1 rings (SSSR count). The van der Waals surface area contributed by atoms with E-state index in [1.165, 1.54) is 10.6 Å². The minimum absolute atomic E-state index is 0.203. The van der Waals surface area contributed by atoms with Gasteiger partial charge in [0.15, 0.2) is 0 Å².